The number of carbonyl (C=O) groups is 4. The quantitative estimate of drug-likeness (QED) is 0.0621. The number of benzene rings is 4. The second-order valence-corrected chi connectivity index (χ2v) is 15.6. The average Bonchev–Trinajstić information content (AvgIpc) is 3.69. The van der Waals surface area contributed by atoms with Crippen LogP contribution in [0.15, 0.2) is 109 Å². The lowest BCUT2D eigenvalue weighted by Gasteiger charge is -2.33. The number of aromatic nitrogens is 1. The summed E-state index contributed by atoms with van der Waals surface area (Å²) in [5, 5.41) is 26.9. The fourth-order valence-corrected chi connectivity index (χ4v) is 7.04. The Labute approximate surface area is 342 Å². The average molecular weight is 809 g/mol. The van der Waals surface area contributed by atoms with Crippen LogP contribution in [0.25, 0.3) is 10.2 Å². The van der Waals surface area contributed by atoms with Gasteiger partial charge in [-0.2, -0.15) is 0 Å². The molecule has 5 aromatic rings. The smallest absolute Gasteiger partial charge is 0.408 e. The Kier molecular flexibility index (Phi) is 15.7. The predicted octanol–water partition coefficient (Wildman–Crippen LogP) is 5.58. The molecule has 0 fully saturated rings. The lowest BCUT2D eigenvalue weighted by Crippen LogP contribution is -2.63. The Morgan fingerprint density at radius 1 is 0.707 bits per heavy atom. The number of carbonyl (C=O) groups excluding carboxylic acids is 4. The molecule has 1 aromatic heterocycles. The van der Waals surface area contributed by atoms with Crippen LogP contribution in [0.3, 0.4) is 0 Å². The summed E-state index contributed by atoms with van der Waals surface area (Å²) in [6.45, 7) is 7.36. The van der Waals surface area contributed by atoms with E-state index in [0.717, 1.165) is 26.9 Å². The lowest BCUT2D eigenvalue weighted by atomic mass is 9.93. The molecule has 13 nitrogen and oxygen atoms in total. The maximum atomic E-state index is 14.4. The molecule has 0 aliphatic heterocycles. The molecule has 6 N–H and O–H groups in total. The molecule has 4 aromatic carbocycles. The van der Waals surface area contributed by atoms with Crippen LogP contribution in [0.2, 0.25) is 0 Å². The van der Waals surface area contributed by atoms with Crippen LogP contribution in [0, 0.1) is 11.8 Å². The number of nitrogens with zero attached hydrogens (tertiary/aromatic N) is 1. The van der Waals surface area contributed by atoms with Crippen LogP contribution < -0.4 is 31.3 Å². The van der Waals surface area contributed by atoms with Crippen LogP contribution >= 0.6 is 11.3 Å². The number of alkyl carbamates (subject to hydrolysis) is 1. The number of hydrogen-bond donors (Lipinski definition) is 6. The monoisotopic (exact) mass is 808 g/mol. The van der Waals surface area contributed by atoms with Gasteiger partial charge in [0.25, 0.3) is 0 Å². The first-order valence-corrected chi connectivity index (χ1v) is 20.1. The van der Waals surface area contributed by atoms with Crippen molar-refractivity contribution in [2.24, 2.45) is 11.8 Å². The van der Waals surface area contributed by atoms with Crippen molar-refractivity contribution >= 4 is 51.1 Å². The number of ether oxygens (including phenoxy) is 2. The topological polar surface area (TPSA) is 180 Å². The van der Waals surface area contributed by atoms with Gasteiger partial charge in [0, 0.05) is 12.2 Å². The minimum atomic E-state index is -1.52. The van der Waals surface area contributed by atoms with Crippen LogP contribution in [0.1, 0.15) is 44.4 Å². The first-order valence-electron chi connectivity index (χ1n) is 19.2. The van der Waals surface area contributed by atoms with Crippen LogP contribution in [0.5, 0.6) is 5.75 Å². The molecule has 0 saturated carbocycles. The van der Waals surface area contributed by atoms with Crippen molar-refractivity contribution in [3.8, 4) is 5.75 Å². The van der Waals surface area contributed by atoms with Crippen LogP contribution in [-0.4, -0.2) is 71.3 Å². The zero-order valence-corrected chi connectivity index (χ0v) is 34.1. The molecule has 4 amide bonds. The van der Waals surface area contributed by atoms with Crippen molar-refractivity contribution in [2.45, 2.75) is 77.5 Å². The van der Waals surface area contributed by atoms with Gasteiger partial charge in [-0.25, -0.2) is 9.78 Å². The molecule has 5 rings (SSSR count). The zero-order chi connectivity index (χ0) is 41.6. The third-order valence-corrected chi connectivity index (χ3v) is 10.4. The Bertz CT molecular complexity index is 2100. The number of aliphatic hydroxyl groups excluding tert-OH is 1. The molecule has 5 atom stereocenters. The number of anilines is 1. The highest BCUT2D eigenvalue weighted by atomic mass is 32.1. The Hall–Kier alpha value is -5.83. The molecule has 1 heterocycles. The van der Waals surface area contributed by atoms with E-state index in [4.69, 9.17) is 9.47 Å². The van der Waals surface area contributed by atoms with Crippen molar-refractivity contribution in [3.63, 3.8) is 0 Å². The molecule has 14 heteroatoms. The van der Waals surface area contributed by atoms with E-state index in [0.29, 0.717) is 11.4 Å². The van der Waals surface area contributed by atoms with Gasteiger partial charge in [-0.3, -0.25) is 19.7 Å². The molecule has 58 heavy (non-hydrogen) atoms. The fraction of sp³-hybridized carbons (Fsp3) is 0.341. The highest BCUT2D eigenvalue weighted by Crippen LogP contribution is 2.23. The maximum absolute atomic E-state index is 14.4. The predicted molar refractivity (Wildman–Crippen MR) is 225 cm³/mol. The van der Waals surface area contributed by atoms with Gasteiger partial charge in [0.1, 0.15) is 30.5 Å². The van der Waals surface area contributed by atoms with E-state index in [-0.39, 0.29) is 31.4 Å². The number of thiazole rings is 1. The molecular weight excluding hydrogens is 757 g/mol. The number of methoxy groups -OCH3 is 1. The first-order chi connectivity index (χ1) is 27.9. The van der Waals surface area contributed by atoms with Crippen LogP contribution in [-0.2, 0) is 38.7 Å². The second kappa shape index (κ2) is 21.1. The standard InChI is InChI=1S/C44H52N6O7S/c1-27(2)37(41(52)47-32-18-21-34-36(23-32)58-26-46-34)49-43(54)39(45-24-30-16-19-33(56-5)20-17-30)40(51)35(22-29-12-8-6-9-13-29)48-42(53)38(28(3)4)50-44(55)57-25-31-14-10-7-11-15-31/h6-21,23,26-28,35,37-40,45,51H,22,24-25H2,1-5H3,(H,47,52)(H,48,53)(H,49,54)(H,50,55)/t35-,37-,38-,39+,40-/m0/s1. The van der Waals surface area contributed by atoms with Gasteiger partial charge in [0.05, 0.1) is 35.0 Å². The van der Waals surface area contributed by atoms with Gasteiger partial charge in [0.2, 0.25) is 17.7 Å². The van der Waals surface area contributed by atoms with Crippen LogP contribution in [0.4, 0.5) is 10.5 Å². The van der Waals surface area contributed by atoms with E-state index in [1.54, 1.807) is 44.7 Å². The van der Waals surface area contributed by atoms with Crippen molar-refractivity contribution in [3.05, 3.63) is 125 Å². The van der Waals surface area contributed by atoms with Crippen molar-refractivity contribution < 1.29 is 33.8 Å². The molecule has 0 radical (unpaired) electrons. The molecule has 0 bridgehead atoms. The van der Waals surface area contributed by atoms with E-state index in [9.17, 15) is 24.3 Å². The van der Waals surface area contributed by atoms with E-state index in [2.05, 4.69) is 31.6 Å². The minimum Gasteiger partial charge on any atom is -0.497 e. The highest BCUT2D eigenvalue weighted by Gasteiger charge is 2.38. The Morgan fingerprint density at radius 3 is 1.97 bits per heavy atom. The summed E-state index contributed by atoms with van der Waals surface area (Å²) < 4.78 is 11.6. The Balaban J connectivity index is 1.39. The third kappa shape index (κ3) is 12.3. The van der Waals surface area contributed by atoms with Gasteiger partial charge in [0.15, 0.2) is 0 Å². The number of aliphatic hydroxyl groups is 1. The van der Waals surface area contributed by atoms with Gasteiger partial charge in [-0.15, -0.1) is 11.3 Å². The molecule has 0 saturated heterocycles. The summed E-state index contributed by atoms with van der Waals surface area (Å²) >= 11 is 1.45. The minimum absolute atomic E-state index is 0.0157. The molecule has 0 unspecified atom stereocenters. The second-order valence-electron chi connectivity index (χ2n) is 14.7. The van der Waals surface area contributed by atoms with E-state index in [1.807, 2.05) is 98.8 Å². The summed E-state index contributed by atoms with van der Waals surface area (Å²) in [5.41, 5.74) is 5.46. The largest absolute Gasteiger partial charge is 0.497 e. The number of hydrogen-bond acceptors (Lipinski definition) is 10. The fourth-order valence-electron chi connectivity index (χ4n) is 6.33. The lowest BCUT2D eigenvalue weighted by molar-refractivity contribution is -0.132. The highest BCUT2D eigenvalue weighted by molar-refractivity contribution is 7.16. The summed E-state index contributed by atoms with van der Waals surface area (Å²) in [4.78, 5) is 59.4. The molecule has 0 aliphatic carbocycles. The summed E-state index contributed by atoms with van der Waals surface area (Å²) in [5.74, 6) is -1.71. The molecule has 306 valence electrons. The SMILES string of the molecule is COc1ccc(CN[C@@H](C(=O)N[C@H](C(=O)Nc2ccc3ncsc3c2)C(C)C)[C@@H](O)[C@H](Cc2ccccc2)NC(=O)[C@@H](NC(=O)OCc2ccccc2)C(C)C)cc1. The van der Waals surface area contributed by atoms with Crippen molar-refractivity contribution in [2.75, 3.05) is 12.4 Å². The van der Waals surface area contributed by atoms with Gasteiger partial charge in [-0.1, -0.05) is 100 Å². The Morgan fingerprint density at radius 2 is 1.33 bits per heavy atom. The third-order valence-electron chi connectivity index (χ3n) is 9.63. The van der Waals surface area contributed by atoms with Gasteiger partial charge >= 0.3 is 6.09 Å². The summed E-state index contributed by atoms with van der Waals surface area (Å²) in [7, 11) is 1.57. The molecule has 0 aliphatic rings. The van der Waals surface area contributed by atoms with Gasteiger partial charge in [-0.05, 0) is 65.3 Å². The number of nitrogens with one attached hydrogen (secondary N) is 5. The number of rotatable bonds is 19. The van der Waals surface area contributed by atoms with E-state index < -0.39 is 54.1 Å². The number of amides is 4. The molecular formula is C44H52N6O7S. The van der Waals surface area contributed by atoms with E-state index >= 15 is 0 Å². The maximum Gasteiger partial charge on any atom is 0.408 e. The number of fused-ring (bicyclic) bond motifs is 1. The van der Waals surface area contributed by atoms with Gasteiger partial charge < -0.3 is 35.8 Å². The first kappa shape index (κ1) is 43.3. The van der Waals surface area contributed by atoms with E-state index in [1.165, 1.54) is 11.3 Å². The van der Waals surface area contributed by atoms with Crippen molar-refractivity contribution in [1.29, 1.82) is 0 Å². The molecule has 0 spiro atoms. The normalized spacial score (nSPS) is 13.9. The zero-order valence-electron chi connectivity index (χ0n) is 33.3. The van der Waals surface area contributed by atoms with Crippen molar-refractivity contribution in [1.82, 2.24) is 26.3 Å². The summed E-state index contributed by atoms with van der Waals surface area (Å²) in [6, 6.07) is 26.7. The summed E-state index contributed by atoms with van der Waals surface area (Å²) in [6.07, 6.45) is -2.16.